The highest BCUT2D eigenvalue weighted by Crippen LogP contribution is 2.28. The molecule has 0 aromatic heterocycles. The standard InChI is InChI=1S/C17H11BrO2/c18-15-8-6-13(7-9-15)16-11-14(17(19)20-16)10-12-4-2-1-3-5-12/h1-11H/b14-10-. The molecule has 20 heavy (non-hydrogen) atoms. The Morgan fingerprint density at radius 3 is 2.35 bits per heavy atom. The molecule has 0 atom stereocenters. The summed E-state index contributed by atoms with van der Waals surface area (Å²) >= 11 is 3.38. The van der Waals surface area contributed by atoms with E-state index in [-0.39, 0.29) is 5.97 Å². The first-order valence-electron chi connectivity index (χ1n) is 6.19. The summed E-state index contributed by atoms with van der Waals surface area (Å²) in [5, 5.41) is 0. The second-order valence-corrected chi connectivity index (χ2v) is 5.33. The highest BCUT2D eigenvalue weighted by atomic mass is 79.9. The van der Waals surface area contributed by atoms with Gasteiger partial charge < -0.3 is 4.74 Å². The van der Waals surface area contributed by atoms with Gasteiger partial charge in [-0.2, -0.15) is 0 Å². The lowest BCUT2D eigenvalue weighted by atomic mass is 10.1. The summed E-state index contributed by atoms with van der Waals surface area (Å²) in [6.45, 7) is 0. The summed E-state index contributed by atoms with van der Waals surface area (Å²) in [5.41, 5.74) is 2.43. The third-order valence-electron chi connectivity index (χ3n) is 2.98. The Bertz CT molecular complexity index is 698. The van der Waals surface area contributed by atoms with Crippen LogP contribution in [0.15, 0.2) is 70.7 Å². The van der Waals surface area contributed by atoms with Gasteiger partial charge in [0.2, 0.25) is 0 Å². The fraction of sp³-hybridized carbons (Fsp3) is 0. The number of rotatable bonds is 2. The van der Waals surface area contributed by atoms with Crippen LogP contribution in [0.5, 0.6) is 0 Å². The lowest BCUT2D eigenvalue weighted by Gasteiger charge is -2.01. The van der Waals surface area contributed by atoms with Crippen LogP contribution in [-0.4, -0.2) is 5.97 Å². The van der Waals surface area contributed by atoms with Crippen LogP contribution in [0, 0.1) is 0 Å². The first kappa shape index (κ1) is 12.9. The molecule has 0 unspecified atom stereocenters. The molecule has 0 spiro atoms. The van der Waals surface area contributed by atoms with E-state index in [1.54, 1.807) is 6.08 Å². The molecular formula is C17H11BrO2. The summed E-state index contributed by atoms with van der Waals surface area (Å²) < 4.78 is 6.30. The van der Waals surface area contributed by atoms with Crippen molar-refractivity contribution in [2.45, 2.75) is 0 Å². The quantitative estimate of drug-likeness (QED) is 0.602. The maximum Gasteiger partial charge on any atom is 0.343 e. The number of ether oxygens (including phenoxy) is 1. The molecule has 0 amide bonds. The maximum atomic E-state index is 11.9. The average molecular weight is 327 g/mol. The topological polar surface area (TPSA) is 26.3 Å². The van der Waals surface area contributed by atoms with E-state index in [1.165, 1.54) is 0 Å². The lowest BCUT2D eigenvalue weighted by molar-refractivity contribution is -0.130. The van der Waals surface area contributed by atoms with Gasteiger partial charge in [-0.25, -0.2) is 4.79 Å². The van der Waals surface area contributed by atoms with Gasteiger partial charge in [-0.3, -0.25) is 0 Å². The number of cyclic esters (lactones) is 1. The number of halogens is 1. The summed E-state index contributed by atoms with van der Waals surface area (Å²) in [6.07, 6.45) is 3.60. The van der Waals surface area contributed by atoms with Gasteiger partial charge in [-0.15, -0.1) is 0 Å². The molecule has 0 fully saturated rings. The summed E-state index contributed by atoms with van der Waals surface area (Å²) in [7, 11) is 0. The molecule has 0 saturated heterocycles. The van der Waals surface area contributed by atoms with Gasteiger partial charge in [0.1, 0.15) is 5.76 Å². The minimum absolute atomic E-state index is 0.313. The van der Waals surface area contributed by atoms with Crippen LogP contribution in [0.2, 0.25) is 0 Å². The Kier molecular flexibility index (Phi) is 3.52. The molecule has 0 radical (unpaired) electrons. The van der Waals surface area contributed by atoms with Crippen molar-refractivity contribution in [2.75, 3.05) is 0 Å². The monoisotopic (exact) mass is 326 g/mol. The van der Waals surface area contributed by atoms with Gasteiger partial charge in [0.25, 0.3) is 0 Å². The molecule has 1 aliphatic rings. The van der Waals surface area contributed by atoms with Crippen molar-refractivity contribution in [3.05, 3.63) is 81.8 Å². The van der Waals surface area contributed by atoms with E-state index in [2.05, 4.69) is 15.9 Å². The Balaban J connectivity index is 1.93. The number of carbonyl (C=O) groups is 1. The Hall–Kier alpha value is -2.13. The van der Waals surface area contributed by atoms with Crippen molar-refractivity contribution in [3.8, 4) is 0 Å². The van der Waals surface area contributed by atoms with E-state index < -0.39 is 0 Å². The van der Waals surface area contributed by atoms with Crippen molar-refractivity contribution < 1.29 is 9.53 Å². The van der Waals surface area contributed by atoms with E-state index in [0.29, 0.717) is 11.3 Å². The van der Waals surface area contributed by atoms with E-state index in [9.17, 15) is 4.79 Å². The van der Waals surface area contributed by atoms with Gasteiger partial charge >= 0.3 is 5.97 Å². The first-order chi connectivity index (χ1) is 9.72. The van der Waals surface area contributed by atoms with E-state index in [1.807, 2.05) is 60.7 Å². The van der Waals surface area contributed by atoms with E-state index in [0.717, 1.165) is 15.6 Å². The molecular weight excluding hydrogens is 316 g/mol. The van der Waals surface area contributed by atoms with Gasteiger partial charge in [0.15, 0.2) is 0 Å². The molecule has 2 aromatic carbocycles. The number of carbonyl (C=O) groups excluding carboxylic acids is 1. The van der Waals surface area contributed by atoms with Gasteiger partial charge in [0.05, 0.1) is 5.57 Å². The zero-order chi connectivity index (χ0) is 13.9. The van der Waals surface area contributed by atoms with E-state index >= 15 is 0 Å². The third kappa shape index (κ3) is 2.73. The first-order valence-corrected chi connectivity index (χ1v) is 6.98. The van der Waals surface area contributed by atoms with Crippen LogP contribution in [0.4, 0.5) is 0 Å². The number of hydrogen-bond acceptors (Lipinski definition) is 2. The predicted octanol–water partition coefficient (Wildman–Crippen LogP) is 4.43. The van der Waals surface area contributed by atoms with Gasteiger partial charge in [-0.1, -0.05) is 58.4 Å². The summed E-state index contributed by atoms with van der Waals surface area (Å²) in [6, 6.07) is 17.4. The maximum absolute atomic E-state index is 11.9. The lowest BCUT2D eigenvalue weighted by Crippen LogP contribution is -1.97. The van der Waals surface area contributed by atoms with Crippen LogP contribution in [0.25, 0.3) is 11.8 Å². The highest BCUT2D eigenvalue weighted by molar-refractivity contribution is 9.10. The Morgan fingerprint density at radius 1 is 0.950 bits per heavy atom. The molecule has 3 heteroatoms. The minimum Gasteiger partial charge on any atom is -0.422 e. The summed E-state index contributed by atoms with van der Waals surface area (Å²) in [4.78, 5) is 11.9. The summed E-state index contributed by atoms with van der Waals surface area (Å²) in [5.74, 6) is 0.274. The Labute approximate surface area is 125 Å². The van der Waals surface area contributed by atoms with Crippen molar-refractivity contribution in [2.24, 2.45) is 0 Å². The largest absolute Gasteiger partial charge is 0.422 e. The normalized spacial score (nSPS) is 16.1. The smallest absolute Gasteiger partial charge is 0.343 e. The molecule has 1 aliphatic heterocycles. The fourth-order valence-electron chi connectivity index (χ4n) is 1.97. The molecule has 2 nitrogen and oxygen atoms in total. The minimum atomic E-state index is -0.313. The van der Waals surface area contributed by atoms with Gasteiger partial charge in [-0.05, 0) is 29.8 Å². The molecule has 0 aliphatic carbocycles. The number of benzene rings is 2. The molecule has 0 saturated carbocycles. The fourth-order valence-corrected chi connectivity index (χ4v) is 2.24. The molecule has 2 aromatic rings. The second kappa shape index (κ2) is 5.47. The van der Waals surface area contributed by atoms with Crippen LogP contribution in [0.1, 0.15) is 11.1 Å². The molecule has 98 valence electrons. The zero-order valence-corrected chi connectivity index (χ0v) is 12.1. The molecule has 0 N–H and O–H groups in total. The number of esters is 1. The predicted molar refractivity (Wildman–Crippen MR) is 82.6 cm³/mol. The molecule has 1 heterocycles. The SMILES string of the molecule is O=C1OC(c2ccc(Br)cc2)=C/C1=C/c1ccccc1. The number of hydrogen-bond donors (Lipinski definition) is 0. The van der Waals surface area contributed by atoms with Crippen molar-refractivity contribution >= 4 is 33.7 Å². The van der Waals surface area contributed by atoms with Crippen LogP contribution in [0.3, 0.4) is 0 Å². The van der Waals surface area contributed by atoms with Crippen LogP contribution < -0.4 is 0 Å². The van der Waals surface area contributed by atoms with Crippen molar-refractivity contribution in [1.82, 2.24) is 0 Å². The van der Waals surface area contributed by atoms with Gasteiger partial charge in [0, 0.05) is 10.0 Å². The highest BCUT2D eigenvalue weighted by Gasteiger charge is 2.21. The molecule has 3 rings (SSSR count). The Morgan fingerprint density at radius 2 is 1.65 bits per heavy atom. The second-order valence-electron chi connectivity index (χ2n) is 4.42. The molecule has 0 bridgehead atoms. The van der Waals surface area contributed by atoms with E-state index in [4.69, 9.17) is 4.74 Å². The van der Waals surface area contributed by atoms with Crippen molar-refractivity contribution in [1.29, 1.82) is 0 Å². The average Bonchev–Trinajstić information content (AvgIpc) is 2.82. The third-order valence-corrected chi connectivity index (χ3v) is 3.50. The van der Waals surface area contributed by atoms with Crippen LogP contribution >= 0.6 is 15.9 Å². The van der Waals surface area contributed by atoms with Crippen LogP contribution in [-0.2, 0) is 9.53 Å². The van der Waals surface area contributed by atoms with Crippen molar-refractivity contribution in [3.63, 3.8) is 0 Å². The zero-order valence-electron chi connectivity index (χ0n) is 10.5.